The van der Waals surface area contributed by atoms with Gasteiger partial charge in [-0.05, 0) is 27.7 Å². The van der Waals surface area contributed by atoms with Crippen LogP contribution in [0.2, 0.25) is 0 Å². The third kappa shape index (κ3) is 4.24. The molecule has 0 atom stereocenters. The first-order chi connectivity index (χ1) is 5.63. The van der Waals surface area contributed by atoms with Gasteiger partial charge in [0, 0.05) is 17.7 Å². The molecule has 0 spiro atoms. The van der Waals surface area contributed by atoms with Gasteiger partial charge in [-0.1, -0.05) is 21.5 Å². The van der Waals surface area contributed by atoms with Gasteiger partial charge in [0.1, 0.15) is 0 Å². The number of rotatable bonds is 5. The molecule has 0 radical (unpaired) electrons. The molecule has 0 saturated carbocycles. The lowest BCUT2D eigenvalue weighted by Gasteiger charge is -2.17. The van der Waals surface area contributed by atoms with Gasteiger partial charge in [0.25, 0.3) is 0 Å². The number of allylic oxidation sites excluding steroid dienone is 1. The zero-order valence-corrected chi connectivity index (χ0v) is 9.77. The van der Waals surface area contributed by atoms with E-state index in [9.17, 15) is 0 Å². The maximum absolute atomic E-state index is 5.38. The van der Waals surface area contributed by atoms with Crippen LogP contribution in [0.15, 0.2) is 10.1 Å². The van der Waals surface area contributed by atoms with Gasteiger partial charge in [-0.3, -0.25) is 0 Å². The molecule has 0 aliphatic heterocycles. The SMILES string of the molecule is CCOC(OCC)C(Br)=C(C)C. The lowest BCUT2D eigenvalue weighted by atomic mass is 10.3. The van der Waals surface area contributed by atoms with Gasteiger partial charge in [0.05, 0.1) is 0 Å². The average molecular weight is 237 g/mol. The molecule has 0 heterocycles. The highest BCUT2D eigenvalue weighted by molar-refractivity contribution is 9.11. The maximum Gasteiger partial charge on any atom is 0.190 e. The summed E-state index contributed by atoms with van der Waals surface area (Å²) in [6.45, 7) is 9.28. The Morgan fingerprint density at radius 3 is 1.83 bits per heavy atom. The molecule has 0 rings (SSSR count). The first kappa shape index (κ1) is 12.1. The normalized spacial score (nSPS) is 10.5. The van der Waals surface area contributed by atoms with Crippen LogP contribution in [0.1, 0.15) is 27.7 Å². The predicted molar refractivity (Wildman–Crippen MR) is 54.3 cm³/mol. The zero-order chi connectivity index (χ0) is 9.56. The van der Waals surface area contributed by atoms with E-state index in [-0.39, 0.29) is 6.29 Å². The highest BCUT2D eigenvalue weighted by Crippen LogP contribution is 2.19. The minimum atomic E-state index is -0.231. The van der Waals surface area contributed by atoms with Crippen molar-refractivity contribution in [1.82, 2.24) is 0 Å². The Morgan fingerprint density at radius 2 is 1.58 bits per heavy atom. The summed E-state index contributed by atoms with van der Waals surface area (Å²) in [5.41, 5.74) is 1.18. The average Bonchev–Trinajstić information content (AvgIpc) is 2.03. The first-order valence-electron chi connectivity index (χ1n) is 4.19. The molecule has 0 N–H and O–H groups in total. The molecule has 3 heteroatoms. The van der Waals surface area contributed by atoms with Crippen LogP contribution in [0.3, 0.4) is 0 Å². The molecule has 0 aliphatic rings. The fourth-order valence-corrected chi connectivity index (χ4v) is 0.997. The van der Waals surface area contributed by atoms with Crippen molar-refractivity contribution < 1.29 is 9.47 Å². The smallest absolute Gasteiger partial charge is 0.190 e. The number of halogens is 1. The fourth-order valence-electron chi connectivity index (χ4n) is 0.733. The van der Waals surface area contributed by atoms with E-state index in [1.54, 1.807) is 0 Å². The van der Waals surface area contributed by atoms with E-state index in [0.29, 0.717) is 13.2 Å². The second-order valence-corrected chi connectivity index (χ2v) is 3.44. The van der Waals surface area contributed by atoms with Crippen molar-refractivity contribution in [3.8, 4) is 0 Å². The Kier molecular flexibility index (Phi) is 6.71. The summed E-state index contributed by atoms with van der Waals surface area (Å²) in [6, 6.07) is 0. The van der Waals surface area contributed by atoms with Crippen LogP contribution in [-0.4, -0.2) is 19.5 Å². The van der Waals surface area contributed by atoms with Gasteiger partial charge in [0.15, 0.2) is 6.29 Å². The van der Waals surface area contributed by atoms with Gasteiger partial charge in [-0.2, -0.15) is 0 Å². The van der Waals surface area contributed by atoms with Crippen molar-refractivity contribution in [3.05, 3.63) is 10.1 Å². The molecule has 12 heavy (non-hydrogen) atoms. The molecule has 0 amide bonds. The van der Waals surface area contributed by atoms with Crippen LogP contribution in [0.4, 0.5) is 0 Å². The third-order valence-electron chi connectivity index (χ3n) is 1.32. The highest BCUT2D eigenvalue weighted by atomic mass is 79.9. The van der Waals surface area contributed by atoms with Crippen molar-refractivity contribution >= 4 is 15.9 Å². The minimum absolute atomic E-state index is 0.231. The van der Waals surface area contributed by atoms with E-state index in [1.165, 1.54) is 5.57 Å². The summed E-state index contributed by atoms with van der Waals surface area (Å²) in [6.07, 6.45) is -0.231. The van der Waals surface area contributed by atoms with Gasteiger partial charge < -0.3 is 9.47 Å². The van der Waals surface area contributed by atoms with Crippen LogP contribution < -0.4 is 0 Å². The molecule has 0 aromatic heterocycles. The second-order valence-electron chi connectivity index (χ2n) is 2.59. The Hall–Kier alpha value is 0.140. The minimum Gasteiger partial charge on any atom is -0.348 e. The van der Waals surface area contributed by atoms with Crippen molar-refractivity contribution in [2.45, 2.75) is 34.0 Å². The van der Waals surface area contributed by atoms with Gasteiger partial charge in [0.2, 0.25) is 0 Å². The number of hydrogen-bond acceptors (Lipinski definition) is 2. The third-order valence-corrected chi connectivity index (χ3v) is 2.49. The van der Waals surface area contributed by atoms with Crippen LogP contribution in [-0.2, 0) is 9.47 Å². The van der Waals surface area contributed by atoms with Crippen molar-refractivity contribution in [2.24, 2.45) is 0 Å². The fraction of sp³-hybridized carbons (Fsp3) is 0.778. The molecule has 0 saturated heterocycles. The molecule has 0 aromatic carbocycles. The molecule has 2 nitrogen and oxygen atoms in total. The van der Waals surface area contributed by atoms with Crippen molar-refractivity contribution in [3.63, 3.8) is 0 Å². The summed E-state index contributed by atoms with van der Waals surface area (Å²) in [7, 11) is 0. The standard InChI is InChI=1S/C9H17BrO2/c1-5-11-9(12-6-2)8(10)7(3)4/h9H,5-6H2,1-4H3. The Labute approximate surface area is 83.1 Å². The largest absolute Gasteiger partial charge is 0.348 e. The summed E-state index contributed by atoms with van der Waals surface area (Å²) >= 11 is 3.44. The van der Waals surface area contributed by atoms with Crippen molar-refractivity contribution in [2.75, 3.05) is 13.2 Å². The Bertz CT molecular complexity index is 145. The van der Waals surface area contributed by atoms with E-state index in [2.05, 4.69) is 15.9 Å². The van der Waals surface area contributed by atoms with Gasteiger partial charge in [-0.15, -0.1) is 0 Å². The zero-order valence-electron chi connectivity index (χ0n) is 8.19. The van der Waals surface area contributed by atoms with E-state index in [0.717, 1.165) is 4.48 Å². The Morgan fingerprint density at radius 1 is 1.17 bits per heavy atom. The maximum atomic E-state index is 5.38. The van der Waals surface area contributed by atoms with E-state index in [4.69, 9.17) is 9.47 Å². The first-order valence-corrected chi connectivity index (χ1v) is 4.98. The van der Waals surface area contributed by atoms with Gasteiger partial charge in [-0.25, -0.2) is 0 Å². The lowest BCUT2D eigenvalue weighted by molar-refractivity contribution is -0.106. The summed E-state index contributed by atoms with van der Waals surface area (Å²) in [4.78, 5) is 0. The molecule has 0 fully saturated rings. The van der Waals surface area contributed by atoms with Crippen LogP contribution in [0.25, 0.3) is 0 Å². The quantitative estimate of drug-likeness (QED) is 0.684. The summed E-state index contributed by atoms with van der Waals surface area (Å²) in [5.74, 6) is 0. The Balaban J connectivity index is 4.19. The molecule has 72 valence electrons. The summed E-state index contributed by atoms with van der Waals surface area (Å²) in [5, 5.41) is 0. The van der Waals surface area contributed by atoms with Crippen molar-refractivity contribution in [1.29, 1.82) is 0 Å². The highest BCUT2D eigenvalue weighted by Gasteiger charge is 2.12. The molecular weight excluding hydrogens is 220 g/mol. The van der Waals surface area contributed by atoms with Crippen LogP contribution >= 0.6 is 15.9 Å². The molecule has 0 bridgehead atoms. The van der Waals surface area contributed by atoms with Crippen LogP contribution in [0.5, 0.6) is 0 Å². The second kappa shape index (κ2) is 6.63. The molecule has 0 aromatic rings. The van der Waals surface area contributed by atoms with E-state index in [1.807, 2.05) is 27.7 Å². The monoisotopic (exact) mass is 236 g/mol. The summed E-state index contributed by atoms with van der Waals surface area (Å²) < 4.78 is 11.7. The molecule has 0 unspecified atom stereocenters. The topological polar surface area (TPSA) is 18.5 Å². The van der Waals surface area contributed by atoms with E-state index >= 15 is 0 Å². The predicted octanol–water partition coefficient (Wildman–Crippen LogP) is 3.07. The number of ether oxygens (including phenoxy) is 2. The van der Waals surface area contributed by atoms with Crippen LogP contribution in [0, 0.1) is 0 Å². The van der Waals surface area contributed by atoms with E-state index < -0.39 is 0 Å². The molecular formula is C9H17BrO2. The number of hydrogen-bond donors (Lipinski definition) is 0. The molecule has 0 aliphatic carbocycles. The lowest BCUT2D eigenvalue weighted by Crippen LogP contribution is -2.18. The van der Waals surface area contributed by atoms with Gasteiger partial charge >= 0.3 is 0 Å².